The zero-order valence-corrected chi connectivity index (χ0v) is 17.1. The summed E-state index contributed by atoms with van der Waals surface area (Å²) in [7, 11) is 1.57. The molecule has 10 nitrogen and oxygen atoms in total. The number of imidazole rings is 1. The monoisotopic (exact) mass is 422 g/mol. The molecule has 0 spiro atoms. The summed E-state index contributed by atoms with van der Waals surface area (Å²) in [6.45, 7) is 3.04. The van der Waals surface area contributed by atoms with E-state index in [1.807, 2.05) is 6.92 Å². The van der Waals surface area contributed by atoms with Gasteiger partial charge in [-0.25, -0.2) is 10.7 Å². The Morgan fingerprint density at radius 1 is 1.21 bits per heavy atom. The summed E-state index contributed by atoms with van der Waals surface area (Å²) >= 11 is 5.92. The Labute approximate surface area is 171 Å². The van der Waals surface area contributed by atoms with E-state index in [4.69, 9.17) is 22.2 Å². The van der Waals surface area contributed by atoms with Crippen molar-refractivity contribution in [1.82, 2.24) is 23.7 Å². The highest BCUT2D eigenvalue weighted by molar-refractivity contribution is 6.30. The first-order chi connectivity index (χ1) is 14.0. The van der Waals surface area contributed by atoms with Crippen LogP contribution in [0.15, 0.2) is 27.9 Å². The maximum absolute atomic E-state index is 13.2. The van der Waals surface area contributed by atoms with Gasteiger partial charge < -0.3 is 9.57 Å². The van der Waals surface area contributed by atoms with E-state index in [9.17, 15) is 9.59 Å². The van der Waals surface area contributed by atoms with Gasteiger partial charge in [0.2, 0.25) is 0 Å². The molecule has 0 aliphatic carbocycles. The standard InChI is InChI=1S/C18H23ClN6O4/c1-3-8-28-17-22-15-14(25(17)11-13-6-5-12(19)10-21-13)16(26)24(7-4-9-29-20)18(27)23(15)2/h5-6,10H,3-4,7-9,11,20H2,1-2H3. The Morgan fingerprint density at radius 2 is 2.00 bits per heavy atom. The number of hydrogen-bond donors (Lipinski definition) is 1. The summed E-state index contributed by atoms with van der Waals surface area (Å²) in [6, 6.07) is 3.74. The van der Waals surface area contributed by atoms with Crippen molar-refractivity contribution in [3.8, 4) is 6.01 Å². The van der Waals surface area contributed by atoms with Crippen LogP contribution in [0.25, 0.3) is 11.2 Å². The van der Waals surface area contributed by atoms with Crippen LogP contribution in [0.2, 0.25) is 5.02 Å². The summed E-state index contributed by atoms with van der Waals surface area (Å²) < 4.78 is 9.88. The number of aromatic nitrogens is 5. The van der Waals surface area contributed by atoms with Gasteiger partial charge in [0, 0.05) is 19.8 Å². The van der Waals surface area contributed by atoms with Crippen molar-refractivity contribution in [2.45, 2.75) is 32.9 Å². The Kier molecular flexibility index (Phi) is 6.68. The van der Waals surface area contributed by atoms with E-state index in [0.29, 0.717) is 23.7 Å². The molecular weight excluding hydrogens is 400 g/mol. The molecule has 0 unspecified atom stereocenters. The van der Waals surface area contributed by atoms with Crippen LogP contribution in [0.5, 0.6) is 6.01 Å². The molecule has 0 atom stereocenters. The van der Waals surface area contributed by atoms with Crippen LogP contribution >= 0.6 is 11.6 Å². The van der Waals surface area contributed by atoms with Crippen molar-refractivity contribution in [1.29, 1.82) is 0 Å². The lowest BCUT2D eigenvalue weighted by Gasteiger charge is -2.11. The molecule has 3 aromatic rings. The highest BCUT2D eigenvalue weighted by Crippen LogP contribution is 2.20. The second-order valence-corrected chi connectivity index (χ2v) is 6.93. The number of pyridine rings is 1. The van der Waals surface area contributed by atoms with Crippen molar-refractivity contribution in [3.63, 3.8) is 0 Å². The third-order valence-electron chi connectivity index (χ3n) is 4.39. The Balaban J connectivity index is 2.18. The fourth-order valence-corrected chi connectivity index (χ4v) is 3.08. The van der Waals surface area contributed by atoms with Gasteiger partial charge in [0.05, 0.1) is 30.5 Å². The first-order valence-corrected chi connectivity index (χ1v) is 9.60. The Hall–Kier alpha value is -2.69. The van der Waals surface area contributed by atoms with Gasteiger partial charge in [0.15, 0.2) is 11.2 Å². The smallest absolute Gasteiger partial charge is 0.332 e. The molecule has 3 heterocycles. The number of halogens is 1. The van der Waals surface area contributed by atoms with Gasteiger partial charge in [0.25, 0.3) is 11.6 Å². The first kappa shape index (κ1) is 21.0. The third kappa shape index (κ3) is 4.34. The molecule has 0 saturated heterocycles. The predicted molar refractivity (Wildman–Crippen MR) is 108 cm³/mol. The molecule has 0 aromatic carbocycles. The number of hydrogen-bond acceptors (Lipinski definition) is 7. The molecule has 0 fully saturated rings. The quantitative estimate of drug-likeness (QED) is 0.404. The van der Waals surface area contributed by atoms with Crippen LogP contribution in [-0.2, 0) is 25.0 Å². The van der Waals surface area contributed by atoms with Crippen molar-refractivity contribution >= 4 is 22.8 Å². The van der Waals surface area contributed by atoms with Crippen LogP contribution in [-0.4, -0.2) is 36.9 Å². The van der Waals surface area contributed by atoms with Crippen LogP contribution in [0.4, 0.5) is 0 Å². The summed E-state index contributed by atoms with van der Waals surface area (Å²) in [5.74, 6) is 5.04. The molecule has 0 radical (unpaired) electrons. The lowest BCUT2D eigenvalue weighted by Crippen LogP contribution is -2.40. The number of nitrogens with zero attached hydrogens (tertiary/aromatic N) is 5. The third-order valence-corrected chi connectivity index (χ3v) is 4.61. The van der Waals surface area contributed by atoms with E-state index in [1.54, 1.807) is 23.7 Å². The van der Waals surface area contributed by atoms with Crippen molar-refractivity contribution in [3.05, 3.63) is 49.9 Å². The summed E-state index contributed by atoms with van der Waals surface area (Å²) in [6.07, 6.45) is 2.72. The van der Waals surface area contributed by atoms with Gasteiger partial charge in [-0.1, -0.05) is 18.5 Å². The topological polar surface area (TPSA) is 119 Å². The number of aryl methyl sites for hydroxylation is 1. The van der Waals surface area contributed by atoms with Gasteiger partial charge in [0.1, 0.15) is 0 Å². The van der Waals surface area contributed by atoms with E-state index in [-0.39, 0.29) is 36.9 Å². The number of nitrogens with two attached hydrogens (primary N) is 1. The zero-order chi connectivity index (χ0) is 21.0. The molecule has 0 aliphatic rings. The van der Waals surface area contributed by atoms with Crippen molar-refractivity contribution in [2.75, 3.05) is 13.2 Å². The lowest BCUT2D eigenvalue weighted by molar-refractivity contribution is 0.131. The van der Waals surface area contributed by atoms with Crippen LogP contribution < -0.4 is 21.9 Å². The molecule has 3 rings (SSSR count). The number of rotatable bonds is 9. The highest BCUT2D eigenvalue weighted by Gasteiger charge is 2.21. The SMILES string of the molecule is CCCOc1nc2c(c(=O)n(CCCON)c(=O)n2C)n1Cc1ccc(Cl)cn1. The molecule has 0 saturated carbocycles. The fourth-order valence-electron chi connectivity index (χ4n) is 2.97. The van der Waals surface area contributed by atoms with Crippen molar-refractivity contribution < 1.29 is 9.57 Å². The van der Waals surface area contributed by atoms with Gasteiger partial charge in [-0.15, -0.1) is 0 Å². The average molecular weight is 423 g/mol. The van der Waals surface area contributed by atoms with E-state index in [0.717, 1.165) is 11.0 Å². The van der Waals surface area contributed by atoms with Crippen molar-refractivity contribution in [2.24, 2.45) is 12.9 Å². The second kappa shape index (κ2) is 9.21. The minimum Gasteiger partial charge on any atom is -0.465 e. The predicted octanol–water partition coefficient (Wildman–Crippen LogP) is 1.06. The largest absolute Gasteiger partial charge is 0.465 e. The fraction of sp³-hybridized carbons (Fsp3) is 0.444. The normalized spacial score (nSPS) is 11.3. The maximum Gasteiger partial charge on any atom is 0.332 e. The molecule has 0 aliphatic heterocycles. The van der Waals surface area contributed by atoms with Gasteiger partial charge >= 0.3 is 5.69 Å². The molecule has 2 N–H and O–H groups in total. The van der Waals surface area contributed by atoms with E-state index in [1.165, 1.54) is 10.8 Å². The molecule has 0 amide bonds. The summed E-state index contributed by atoms with van der Waals surface area (Å²) in [5, 5.41) is 0.513. The van der Waals surface area contributed by atoms with E-state index in [2.05, 4.69) is 14.8 Å². The Morgan fingerprint density at radius 3 is 2.66 bits per heavy atom. The minimum absolute atomic E-state index is 0.175. The van der Waals surface area contributed by atoms with Crippen LogP contribution in [0.1, 0.15) is 25.5 Å². The zero-order valence-electron chi connectivity index (χ0n) is 16.3. The molecule has 0 bridgehead atoms. The highest BCUT2D eigenvalue weighted by atomic mass is 35.5. The van der Waals surface area contributed by atoms with Crippen LogP contribution in [0, 0.1) is 0 Å². The number of fused-ring (bicyclic) bond motifs is 1. The molecular formula is C18H23ClN6O4. The number of ether oxygens (including phenoxy) is 1. The molecule has 3 aromatic heterocycles. The van der Waals surface area contributed by atoms with Gasteiger partial charge in [-0.05, 0) is 25.0 Å². The second-order valence-electron chi connectivity index (χ2n) is 6.49. The summed E-state index contributed by atoms with van der Waals surface area (Å²) in [4.78, 5) is 39.1. The summed E-state index contributed by atoms with van der Waals surface area (Å²) in [5.41, 5.74) is 0.283. The Bertz CT molecular complexity index is 1100. The average Bonchev–Trinajstić information content (AvgIpc) is 3.07. The van der Waals surface area contributed by atoms with E-state index >= 15 is 0 Å². The van der Waals surface area contributed by atoms with Gasteiger partial charge in [-0.2, -0.15) is 4.98 Å². The first-order valence-electron chi connectivity index (χ1n) is 9.22. The minimum atomic E-state index is -0.462. The molecule has 29 heavy (non-hydrogen) atoms. The maximum atomic E-state index is 13.2. The molecule has 11 heteroatoms. The lowest BCUT2D eigenvalue weighted by atomic mass is 10.3. The van der Waals surface area contributed by atoms with Crippen LogP contribution in [0.3, 0.4) is 0 Å². The molecule has 156 valence electrons. The van der Waals surface area contributed by atoms with E-state index < -0.39 is 11.2 Å². The van der Waals surface area contributed by atoms with Gasteiger partial charge in [-0.3, -0.25) is 23.5 Å².